The second-order valence-corrected chi connectivity index (χ2v) is 8.58. The third-order valence-electron chi connectivity index (χ3n) is 5.39. The Balaban J connectivity index is 2.12. The molecule has 1 atom stereocenters. The number of nitrogens with zero attached hydrogens (tertiary/aromatic N) is 1. The van der Waals surface area contributed by atoms with E-state index in [1.165, 1.54) is 5.56 Å². The molecule has 168 valence electrons. The Hall–Kier alpha value is -2.04. The molecule has 0 aliphatic heterocycles. The van der Waals surface area contributed by atoms with Crippen molar-refractivity contribution >= 4 is 35.0 Å². The van der Waals surface area contributed by atoms with Gasteiger partial charge in [0.15, 0.2) is 0 Å². The van der Waals surface area contributed by atoms with Crippen LogP contribution in [0, 0.1) is 0 Å². The van der Waals surface area contributed by atoms with Gasteiger partial charge in [0.05, 0.1) is 10.0 Å². The lowest BCUT2D eigenvalue weighted by Gasteiger charge is -2.29. The van der Waals surface area contributed by atoms with Crippen LogP contribution in [0.3, 0.4) is 0 Å². The van der Waals surface area contributed by atoms with Crippen LogP contribution in [-0.2, 0) is 29.0 Å². The number of hydrogen-bond donors (Lipinski definition) is 1. The zero-order chi connectivity index (χ0) is 22.8. The molecule has 0 fully saturated rings. The summed E-state index contributed by atoms with van der Waals surface area (Å²) in [4.78, 5) is 27.5. The van der Waals surface area contributed by atoms with Crippen molar-refractivity contribution in [3.8, 4) is 0 Å². The van der Waals surface area contributed by atoms with E-state index >= 15 is 0 Å². The molecule has 0 radical (unpaired) electrons. The quantitative estimate of drug-likeness (QED) is 0.427. The summed E-state index contributed by atoms with van der Waals surface area (Å²) in [7, 11) is 0. The molecular weight excluding hydrogens is 431 g/mol. The van der Waals surface area contributed by atoms with Gasteiger partial charge in [0.1, 0.15) is 6.04 Å². The lowest BCUT2D eigenvalue weighted by molar-refractivity contribution is -0.140. The van der Waals surface area contributed by atoms with Crippen LogP contribution < -0.4 is 5.32 Å². The molecule has 0 aliphatic carbocycles. The smallest absolute Gasteiger partial charge is 0.242 e. The lowest BCUT2D eigenvalue weighted by atomic mass is 10.0. The summed E-state index contributed by atoms with van der Waals surface area (Å²) in [6.45, 7) is 6.87. The number of halogens is 2. The van der Waals surface area contributed by atoms with Crippen molar-refractivity contribution < 1.29 is 9.59 Å². The molecule has 0 aromatic heterocycles. The van der Waals surface area contributed by atoms with Crippen molar-refractivity contribution in [2.75, 3.05) is 6.54 Å². The Morgan fingerprint density at radius 3 is 2.23 bits per heavy atom. The molecule has 0 heterocycles. The van der Waals surface area contributed by atoms with E-state index in [0.717, 1.165) is 30.4 Å². The number of nitrogens with one attached hydrogen (secondary N) is 1. The number of rotatable bonds is 11. The van der Waals surface area contributed by atoms with Crippen LogP contribution in [-0.4, -0.2) is 29.3 Å². The fourth-order valence-corrected chi connectivity index (χ4v) is 3.61. The molecule has 2 amide bonds. The molecule has 2 aromatic rings. The van der Waals surface area contributed by atoms with Gasteiger partial charge < -0.3 is 10.2 Å². The molecule has 0 saturated heterocycles. The first-order chi connectivity index (χ1) is 14.8. The van der Waals surface area contributed by atoms with Crippen molar-refractivity contribution in [1.29, 1.82) is 0 Å². The van der Waals surface area contributed by atoms with Crippen LogP contribution in [0.2, 0.25) is 10.0 Å². The highest BCUT2D eigenvalue weighted by Crippen LogP contribution is 2.24. The Kier molecular flexibility index (Phi) is 10.4. The Labute approximate surface area is 195 Å². The minimum Gasteiger partial charge on any atom is -0.354 e. The minimum absolute atomic E-state index is 0.0659. The molecule has 31 heavy (non-hydrogen) atoms. The zero-order valence-electron chi connectivity index (χ0n) is 18.6. The summed E-state index contributed by atoms with van der Waals surface area (Å²) >= 11 is 12.2. The van der Waals surface area contributed by atoms with Gasteiger partial charge in [0, 0.05) is 19.5 Å². The van der Waals surface area contributed by atoms with E-state index in [-0.39, 0.29) is 11.8 Å². The monoisotopic (exact) mass is 462 g/mol. The second-order valence-electron chi connectivity index (χ2n) is 7.76. The van der Waals surface area contributed by atoms with E-state index in [0.29, 0.717) is 36.0 Å². The molecule has 0 unspecified atom stereocenters. The highest BCUT2D eigenvalue weighted by Gasteiger charge is 2.26. The van der Waals surface area contributed by atoms with Crippen LogP contribution in [0.15, 0.2) is 42.5 Å². The average Bonchev–Trinajstić information content (AvgIpc) is 2.78. The van der Waals surface area contributed by atoms with Gasteiger partial charge in [-0.3, -0.25) is 9.59 Å². The summed E-state index contributed by atoms with van der Waals surface area (Å²) in [5, 5.41) is 3.83. The zero-order valence-corrected chi connectivity index (χ0v) is 20.1. The summed E-state index contributed by atoms with van der Waals surface area (Å²) < 4.78 is 0. The van der Waals surface area contributed by atoms with E-state index in [1.54, 1.807) is 24.0 Å². The Bertz CT molecular complexity index is 868. The Morgan fingerprint density at radius 2 is 1.61 bits per heavy atom. The molecule has 0 bridgehead atoms. The van der Waals surface area contributed by atoms with E-state index in [1.807, 2.05) is 6.07 Å². The minimum atomic E-state index is -0.582. The van der Waals surface area contributed by atoms with E-state index < -0.39 is 6.04 Å². The lowest BCUT2D eigenvalue weighted by Crippen LogP contribution is -2.47. The predicted octanol–water partition coefficient (Wildman–Crippen LogP) is 5.82. The molecule has 0 spiro atoms. The molecule has 0 aliphatic rings. The largest absolute Gasteiger partial charge is 0.354 e. The molecule has 0 saturated carbocycles. The summed E-state index contributed by atoms with van der Waals surface area (Å²) in [6.07, 6.45) is 3.86. The fraction of sp³-hybridized carbons (Fsp3) is 0.440. The Morgan fingerprint density at radius 1 is 0.968 bits per heavy atom. The first-order valence-electron chi connectivity index (χ1n) is 10.9. The predicted molar refractivity (Wildman–Crippen MR) is 129 cm³/mol. The number of benzene rings is 2. The topological polar surface area (TPSA) is 49.4 Å². The molecule has 2 rings (SSSR count). The van der Waals surface area contributed by atoms with Crippen molar-refractivity contribution in [3.63, 3.8) is 0 Å². The van der Waals surface area contributed by atoms with Crippen LogP contribution >= 0.6 is 23.2 Å². The van der Waals surface area contributed by atoms with Crippen molar-refractivity contribution in [1.82, 2.24) is 10.2 Å². The third-order valence-corrected chi connectivity index (χ3v) is 6.13. The number of carbonyl (C=O) groups is 2. The van der Waals surface area contributed by atoms with Gasteiger partial charge in [-0.1, -0.05) is 73.8 Å². The number of carbonyl (C=O) groups excluding carboxylic acids is 2. The first kappa shape index (κ1) is 25.2. The van der Waals surface area contributed by atoms with E-state index in [2.05, 4.69) is 43.4 Å². The van der Waals surface area contributed by atoms with Gasteiger partial charge >= 0.3 is 0 Å². The average molecular weight is 463 g/mol. The molecule has 4 nitrogen and oxygen atoms in total. The van der Waals surface area contributed by atoms with Gasteiger partial charge in [0.25, 0.3) is 0 Å². The summed E-state index contributed by atoms with van der Waals surface area (Å²) in [5.74, 6) is -0.210. The van der Waals surface area contributed by atoms with Crippen molar-refractivity contribution in [3.05, 3.63) is 69.2 Å². The van der Waals surface area contributed by atoms with Gasteiger partial charge in [-0.2, -0.15) is 0 Å². The SMILES string of the molecule is CCCCNC(=O)[C@@H](C)N(Cc1ccc(Cl)c(Cl)c1)C(=O)CCc1ccc(CC)cc1. The summed E-state index contributed by atoms with van der Waals surface area (Å²) in [6, 6.07) is 13.0. The van der Waals surface area contributed by atoms with Crippen LogP contribution in [0.5, 0.6) is 0 Å². The fourth-order valence-electron chi connectivity index (χ4n) is 3.29. The molecular formula is C25H32Cl2N2O2. The highest BCUT2D eigenvalue weighted by molar-refractivity contribution is 6.42. The number of hydrogen-bond acceptors (Lipinski definition) is 2. The maximum absolute atomic E-state index is 13.2. The third kappa shape index (κ3) is 7.86. The first-order valence-corrected chi connectivity index (χ1v) is 11.7. The number of unbranched alkanes of at least 4 members (excludes halogenated alkanes) is 1. The van der Waals surface area contributed by atoms with Crippen LogP contribution in [0.4, 0.5) is 0 Å². The molecule has 2 aromatic carbocycles. The van der Waals surface area contributed by atoms with Gasteiger partial charge in [-0.25, -0.2) is 0 Å². The highest BCUT2D eigenvalue weighted by atomic mass is 35.5. The maximum atomic E-state index is 13.2. The molecule has 1 N–H and O–H groups in total. The van der Waals surface area contributed by atoms with E-state index in [9.17, 15) is 9.59 Å². The van der Waals surface area contributed by atoms with Crippen molar-refractivity contribution in [2.45, 2.75) is 65.5 Å². The standard InChI is InChI=1S/C25H32Cl2N2O2/c1-4-6-15-28-25(31)18(3)29(17-21-11-13-22(26)23(27)16-21)24(30)14-12-20-9-7-19(5-2)8-10-20/h7-11,13,16,18H,4-6,12,14-15,17H2,1-3H3,(H,28,31)/t18-/m1/s1. The van der Waals surface area contributed by atoms with Crippen LogP contribution in [0.25, 0.3) is 0 Å². The van der Waals surface area contributed by atoms with Crippen LogP contribution in [0.1, 0.15) is 56.7 Å². The number of aryl methyl sites for hydroxylation is 2. The maximum Gasteiger partial charge on any atom is 0.242 e. The van der Waals surface area contributed by atoms with Gasteiger partial charge in [-0.15, -0.1) is 0 Å². The van der Waals surface area contributed by atoms with Gasteiger partial charge in [-0.05, 0) is 55.0 Å². The number of amides is 2. The normalized spacial score (nSPS) is 11.8. The van der Waals surface area contributed by atoms with Crippen molar-refractivity contribution in [2.24, 2.45) is 0 Å². The van der Waals surface area contributed by atoms with E-state index in [4.69, 9.17) is 23.2 Å². The summed E-state index contributed by atoms with van der Waals surface area (Å²) in [5.41, 5.74) is 3.22. The molecule has 6 heteroatoms. The van der Waals surface area contributed by atoms with Gasteiger partial charge in [0.2, 0.25) is 11.8 Å². The second kappa shape index (κ2) is 12.7.